The van der Waals surface area contributed by atoms with Gasteiger partial charge in [-0.25, -0.2) is 4.98 Å². The van der Waals surface area contributed by atoms with Crippen LogP contribution in [0.5, 0.6) is 0 Å². The second-order valence-electron chi connectivity index (χ2n) is 6.19. The van der Waals surface area contributed by atoms with Crippen molar-refractivity contribution >= 4 is 17.3 Å². The van der Waals surface area contributed by atoms with Gasteiger partial charge >= 0.3 is 5.97 Å². The fraction of sp³-hybridized carbons (Fsp3) is 0.750. The molecule has 0 aliphatic heterocycles. The molecule has 1 heterocycles. The van der Waals surface area contributed by atoms with Crippen molar-refractivity contribution in [3.05, 3.63) is 15.6 Å². The molecule has 110 valence electrons. The monoisotopic (exact) mass is 293 g/mol. The van der Waals surface area contributed by atoms with Crippen molar-refractivity contribution in [1.82, 2.24) is 4.98 Å². The first-order chi connectivity index (χ1) is 9.75. The van der Waals surface area contributed by atoms with E-state index in [1.165, 1.54) is 54.8 Å². The number of hydrogen-bond acceptors (Lipinski definition) is 3. The van der Waals surface area contributed by atoms with E-state index >= 15 is 0 Å². The van der Waals surface area contributed by atoms with Crippen molar-refractivity contribution in [2.75, 3.05) is 0 Å². The summed E-state index contributed by atoms with van der Waals surface area (Å²) in [6, 6.07) is 0. The van der Waals surface area contributed by atoms with Gasteiger partial charge in [0.05, 0.1) is 16.6 Å². The highest BCUT2D eigenvalue weighted by Crippen LogP contribution is 2.40. The van der Waals surface area contributed by atoms with E-state index in [0.717, 1.165) is 25.0 Å². The molecule has 1 aromatic rings. The van der Waals surface area contributed by atoms with Crippen LogP contribution in [0.25, 0.3) is 0 Å². The minimum atomic E-state index is -0.694. The molecule has 3 nitrogen and oxygen atoms in total. The Kier molecular flexibility index (Phi) is 4.39. The third-order valence-electron chi connectivity index (χ3n) is 4.72. The molecule has 1 N–H and O–H groups in total. The Balaban J connectivity index is 1.82. The van der Waals surface area contributed by atoms with Crippen molar-refractivity contribution in [3.8, 4) is 0 Å². The molecule has 1 unspecified atom stereocenters. The SMILES string of the molecule is O=C(O)C1CCCc2sc(C3CCCCCCC3)nc21. The number of thiazole rings is 1. The van der Waals surface area contributed by atoms with Crippen LogP contribution in [0.4, 0.5) is 0 Å². The number of aromatic nitrogens is 1. The first-order valence-corrected chi connectivity index (χ1v) is 8.79. The molecule has 2 aliphatic carbocycles. The topological polar surface area (TPSA) is 50.2 Å². The van der Waals surface area contributed by atoms with Crippen LogP contribution in [0, 0.1) is 0 Å². The molecule has 1 fully saturated rings. The second-order valence-corrected chi connectivity index (χ2v) is 7.30. The number of fused-ring (bicyclic) bond motifs is 1. The van der Waals surface area contributed by atoms with Crippen molar-refractivity contribution in [1.29, 1.82) is 0 Å². The lowest BCUT2D eigenvalue weighted by molar-refractivity contribution is -0.139. The maximum Gasteiger partial charge on any atom is 0.312 e. The maximum atomic E-state index is 11.4. The highest BCUT2D eigenvalue weighted by Gasteiger charge is 2.31. The summed E-state index contributed by atoms with van der Waals surface area (Å²) in [5.74, 6) is -0.460. The van der Waals surface area contributed by atoms with Gasteiger partial charge in [-0.1, -0.05) is 32.1 Å². The molecule has 0 bridgehead atoms. The zero-order valence-electron chi connectivity index (χ0n) is 11.9. The standard InChI is InChI=1S/C16H23NO2S/c18-16(19)12-9-6-10-13-14(12)17-15(20-13)11-7-4-2-1-3-5-8-11/h11-12H,1-10H2,(H,18,19). The molecule has 2 aliphatic rings. The molecule has 0 spiro atoms. The molecule has 0 saturated heterocycles. The van der Waals surface area contributed by atoms with Crippen LogP contribution in [0.2, 0.25) is 0 Å². The number of hydrogen-bond donors (Lipinski definition) is 1. The third kappa shape index (κ3) is 2.90. The summed E-state index contributed by atoms with van der Waals surface area (Å²) in [6.07, 6.45) is 11.9. The molecule has 20 heavy (non-hydrogen) atoms. The van der Waals surface area contributed by atoms with Gasteiger partial charge in [0.2, 0.25) is 0 Å². The van der Waals surface area contributed by atoms with E-state index in [0.29, 0.717) is 5.92 Å². The number of carboxylic acid groups (broad SMARTS) is 1. The van der Waals surface area contributed by atoms with Crippen LogP contribution in [0.15, 0.2) is 0 Å². The van der Waals surface area contributed by atoms with Gasteiger partial charge in [0.15, 0.2) is 0 Å². The Morgan fingerprint density at radius 2 is 1.75 bits per heavy atom. The van der Waals surface area contributed by atoms with Crippen LogP contribution in [-0.4, -0.2) is 16.1 Å². The predicted octanol–water partition coefficient (Wildman–Crippen LogP) is 4.48. The summed E-state index contributed by atoms with van der Waals surface area (Å²) < 4.78 is 0. The fourth-order valence-corrected chi connectivity index (χ4v) is 4.89. The molecular formula is C16H23NO2S. The van der Waals surface area contributed by atoms with Crippen molar-refractivity contribution < 1.29 is 9.90 Å². The lowest BCUT2D eigenvalue weighted by atomic mass is 9.90. The van der Waals surface area contributed by atoms with Gasteiger partial charge in [-0.2, -0.15) is 0 Å². The molecule has 4 heteroatoms. The Morgan fingerprint density at radius 1 is 1.05 bits per heavy atom. The molecule has 0 amide bonds. The summed E-state index contributed by atoms with van der Waals surface area (Å²) in [7, 11) is 0. The van der Waals surface area contributed by atoms with Crippen molar-refractivity contribution in [2.24, 2.45) is 0 Å². The first-order valence-electron chi connectivity index (χ1n) is 7.98. The van der Waals surface area contributed by atoms with Crippen LogP contribution in [0.3, 0.4) is 0 Å². The zero-order chi connectivity index (χ0) is 13.9. The van der Waals surface area contributed by atoms with Gasteiger partial charge in [-0.15, -0.1) is 11.3 Å². The number of carboxylic acids is 1. The normalized spacial score (nSPS) is 24.7. The Labute approximate surface area is 124 Å². The van der Waals surface area contributed by atoms with Crippen LogP contribution >= 0.6 is 11.3 Å². The van der Waals surface area contributed by atoms with E-state index in [2.05, 4.69) is 0 Å². The number of rotatable bonds is 2. The highest BCUT2D eigenvalue weighted by atomic mass is 32.1. The summed E-state index contributed by atoms with van der Waals surface area (Å²) in [5, 5.41) is 10.6. The number of carbonyl (C=O) groups is 1. The Morgan fingerprint density at radius 3 is 2.45 bits per heavy atom. The second kappa shape index (κ2) is 6.25. The fourth-order valence-electron chi connectivity index (χ4n) is 3.56. The Hall–Kier alpha value is -0.900. The average Bonchev–Trinajstić information content (AvgIpc) is 2.81. The van der Waals surface area contributed by atoms with Crippen LogP contribution in [0.1, 0.15) is 85.2 Å². The predicted molar refractivity (Wildman–Crippen MR) is 80.5 cm³/mol. The van der Waals surface area contributed by atoms with Gasteiger partial charge in [0.1, 0.15) is 0 Å². The van der Waals surface area contributed by atoms with Gasteiger partial charge in [0, 0.05) is 10.8 Å². The summed E-state index contributed by atoms with van der Waals surface area (Å²) in [4.78, 5) is 17.4. The van der Waals surface area contributed by atoms with E-state index in [4.69, 9.17) is 4.98 Å². The summed E-state index contributed by atoms with van der Waals surface area (Å²) in [5.41, 5.74) is 0.894. The number of aryl methyl sites for hydroxylation is 1. The summed E-state index contributed by atoms with van der Waals surface area (Å²) >= 11 is 1.80. The van der Waals surface area contributed by atoms with E-state index < -0.39 is 5.97 Å². The smallest absolute Gasteiger partial charge is 0.312 e. The largest absolute Gasteiger partial charge is 0.481 e. The van der Waals surface area contributed by atoms with Gasteiger partial charge in [0.25, 0.3) is 0 Å². The third-order valence-corrected chi connectivity index (χ3v) is 6.02. The minimum Gasteiger partial charge on any atom is -0.481 e. The molecule has 0 radical (unpaired) electrons. The molecule has 3 rings (SSSR count). The van der Waals surface area contributed by atoms with Crippen molar-refractivity contribution in [2.45, 2.75) is 76.0 Å². The van der Waals surface area contributed by atoms with Gasteiger partial charge < -0.3 is 5.11 Å². The van der Waals surface area contributed by atoms with Gasteiger partial charge in [-0.3, -0.25) is 4.79 Å². The molecule has 1 atom stereocenters. The molecule has 1 aromatic heterocycles. The van der Waals surface area contributed by atoms with E-state index in [1.54, 1.807) is 11.3 Å². The average molecular weight is 293 g/mol. The lowest BCUT2D eigenvalue weighted by Gasteiger charge is -2.17. The maximum absolute atomic E-state index is 11.4. The molecule has 1 saturated carbocycles. The lowest BCUT2D eigenvalue weighted by Crippen LogP contribution is -2.17. The molecule has 0 aromatic carbocycles. The van der Waals surface area contributed by atoms with E-state index in [-0.39, 0.29) is 5.92 Å². The quantitative estimate of drug-likeness (QED) is 0.875. The van der Waals surface area contributed by atoms with E-state index in [1.807, 2.05) is 0 Å². The van der Waals surface area contributed by atoms with Gasteiger partial charge in [-0.05, 0) is 32.1 Å². The minimum absolute atomic E-state index is 0.350. The Bertz CT molecular complexity index is 475. The number of aliphatic carboxylic acids is 1. The summed E-state index contributed by atoms with van der Waals surface area (Å²) in [6.45, 7) is 0. The van der Waals surface area contributed by atoms with Crippen LogP contribution < -0.4 is 0 Å². The van der Waals surface area contributed by atoms with E-state index in [9.17, 15) is 9.90 Å². The zero-order valence-corrected chi connectivity index (χ0v) is 12.8. The number of nitrogens with zero attached hydrogens (tertiary/aromatic N) is 1. The highest BCUT2D eigenvalue weighted by molar-refractivity contribution is 7.11. The first kappa shape index (κ1) is 14.1. The van der Waals surface area contributed by atoms with Crippen molar-refractivity contribution in [3.63, 3.8) is 0 Å². The van der Waals surface area contributed by atoms with Crippen LogP contribution in [-0.2, 0) is 11.2 Å². The molecular weight excluding hydrogens is 270 g/mol.